The summed E-state index contributed by atoms with van der Waals surface area (Å²) in [6.07, 6.45) is -0.168. The van der Waals surface area contributed by atoms with E-state index in [0.717, 1.165) is 15.6 Å². The Morgan fingerprint density at radius 3 is 2.80 bits per heavy atom. The van der Waals surface area contributed by atoms with E-state index in [2.05, 4.69) is 15.9 Å². The van der Waals surface area contributed by atoms with Crippen LogP contribution in [0.5, 0.6) is 0 Å². The van der Waals surface area contributed by atoms with Gasteiger partial charge in [0.1, 0.15) is 0 Å². The van der Waals surface area contributed by atoms with Gasteiger partial charge in [0.15, 0.2) is 0 Å². The highest BCUT2D eigenvalue weighted by molar-refractivity contribution is 9.10. The molecule has 3 nitrogen and oxygen atoms in total. The maximum atomic E-state index is 10.6. The average molecular weight is 268 g/mol. The Bertz CT molecular complexity index is 423. The molecule has 1 atom stereocenters. The van der Waals surface area contributed by atoms with E-state index in [4.69, 9.17) is 10.4 Å². The number of carboxylic acids is 1. The Balaban J connectivity index is 3.03. The van der Waals surface area contributed by atoms with Crippen molar-refractivity contribution in [3.8, 4) is 6.07 Å². The van der Waals surface area contributed by atoms with Gasteiger partial charge >= 0.3 is 5.97 Å². The summed E-state index contributed by atoms with van der Waals surface area (Å²) < 4.78 is 0.787. The number of nitrogens with zero attached hydrogens (tertiary/aromatic N) is 1. The van der Waals surface area contributed by atoms with E-state index in [1.54, 1.807) is 6.07 Å². The van der Waals surface area contributed by atoms with Crippen molar-refractivity contribution in [2.45, 2.75) is 19.3 Å². The summed E-state index contributed by atoms with van der Waals surface area (Å²) in [4.78, 5) is 10.6. The van der Waals surface area contributed by atoms with Crippen molar-refractivity contribution in [1.82, 2.24) is 0 Å². The summed E-state index contributed by atoms with van der Waals surface area (Å²) >= 11 is 3.33. The summed E-state index contributed by atoms with van der Waals surface area (Å²) in [7, 11) is 0. The summed E-state index contributed by atoms with van der Waals surface area (Å²) in [5.74, 6) is -1.56. The molecule has 78 valence electrons. The van der Waals surface area contributed by atoms with Gasteiger partial charge < -0.3 is 5.11 Å². The van der Waals surface area contributed by atoms with Crippen molar-refractivity contribution in [2.75, 3.05) is 0 Å². The fraction of sp³-hybridized carbons (Fsp3) is 0.273. The fourth-order valence-corrected chi connectivity index (χ4v) is 2.08. The van der Waals surface area contributed by atoms with Crippen LogP contribution in [0.25, 0.3) is 0 Å². The van der Waals surface area contributed by atoms with Crippen molar-refractivity contribution >= 4 is 21.9 Å². The number of rotatable bonds is 3. The molecule has 1 N–H and O–H groups in total. The highest BCUT2D eigenvalue weighted by Gasteiger charge is 2.17. The Kier molecular flexibility index (Phi) is 3.87. The van der Waals surface area contributed by atoms with Gasteiger partial charge in [0, 0.05) is 4.47 Å². The molecule has 4 heteroatoms. The topological polar surface area (TPSA) is 61.1 Å². The van der Waals surface area contributed by atoms with Crippen molar-refractivity contribution in [1.29, 1.82) is 5.26 Å². The second-order valence-electron chi connectivity index (χ2n) is 3.30. The van der Waals surface area contributed by atoms with Gasteiger partial charge in [-0.1, -0.05) is 28.1 Å². The minimum absolute atomic E-state index is 0.168. The zero-order valence-electron chi connectivity index (χ0n) is 8.20. The van der Waals surface area contributed by atoms with E-state index in [-0.39, 0.29) is 6.42 Å². The SMILES string of the molecule is Cc1ccc(C(C#N)CC(=O)O)c(Br)c1. The minimum Gasteiger partial charge on any atom is -0.481 e. The minimum atomic E-state index is -0.964. The second-order valence-corrected chi connectivity index (χ2v) is 4.16. The van der Waals surface area contributed by atoms with E-state index in [1.165, 1.54) is 0 Å². The lowest BCUT2D eigenvalue weighted by Gasteiger charge is -2.09. The van der Waals surface area contributed by atoms with E-state index in [0.29, 0.717) is 0 Å². The lowest BCUT2D eigenvalue weighted by Crippen LogP contribution is -2.05. The summed E-state index contributed by atoms with van der Waals surface area (Å²) in [5, 5.41) is 17.5. The molecule has 1 rings (SSSR count). The molecule has 0 aromatic heterocycles. The monoisotopic (exact) mass is 267 g/mol. The van der Waals surface area contributed by atoms with Crippen LogP contribution in [0.3, 0.4) is 0 Å². The molecule has 1 aromatic rings. The van der Waals surface area contributed by atoms with Gasteiger partial charge in [-0.3, -0.25) is 4.79 Å². The molecule has 0 saturated heterocycles. The highest BCUT2D eigenvalue weighted by atomic mass is 79.9. The van der Waals surface area contributed by atoms with Crippen LogP contribution < -0.4 is 0 Å². The number of halogens is 1. The molecule has 0 amide bonds. The summed E-state index contributed by atoms with van der Waals surface area (Å²) in [6, 6.07) is 7.53. The van der Waals surface area contributed by atoms with E-state index in [9.17, 15) is 4.79 Å². The normalized spacial score (nSPS) is 11.8. The molecule has 0 aliphatic carbocycles. The number of carbonyl (C=O) groups is 1. The van der Waals surface area contributed by atoms with Gasteiger partial charge in [0.05, 0.1) is 18.4 Å². The van der Waals surface area contributed by atoms with Crippen molar-refractivity contribution in [2.24, 2.45) is 0 Å². The zero-order valence-corrected chi connectivity index (χ0v) is 9.78. The van der Waals surface area contributed by atoms with Crippen LogP contribution >= 0.6 is 15.9 Å². The van der Waals surface area contributed by atoms with Crippen LogP contribution in [0.4, 0.5) is 0 Å². The fourth-order valence-electron chi connectivity index (χ4n) is 1.31. The summed E-state index contributed by atoms with van der Waals surface area (Å²) in [5.41, 5.74) is 1.79. The van der Waals surface area contributed by atoms with Gasteiger partial charge in [0.2, 0.25) is 0 Å². The first kappa shape index (κ1) is 11.7. The largest absolute Gasteiger partial charge is 0.481 e. The molecule has 0 saturated carbocycles. The Labute approximate surface area is 96.5 Å². The number of hydrogen-bond acceptors (Lipinski definition) is 2. The second kappa shape index (κ2) is 4.94. The van der Waals surface area contributed by atoms with Crippen molar-refractivity contribution in [3.63, 3.8) is 0 Å². The predicted molar refractivity (Wildman–Crippen MR) is 59.5 cm³/mol. The first-order chi connectivity index (χ1) is 7.04. The summed E-state index contributed by atoms with van der Waals surface area (Å²) in [6.45, 7) is 1.94. The standard InChI is InChI=1S/C11H10BrNO2/c1-7-2-3-9(10(12)4-7)8(6-13)5-11(14)15/h2-4,8H,5H2,1H3,(H,14,15). The molecule has 0 radical (unpaired) electrons. The van der Waals surface area contributed by atoms with Crippen LogP contribution in [0.1, 0.15) is 23.5 Å². The molecule has 0 aliphatic rings. The predicted octanol–water partition coefficient (Wildman–Crippen LogP) is 2.84. The van der Waals surface area contributed by atoms with E-state index >= 15 is 0 Å². The van der Waals surface area contributed by atoms with Gasteiger partial charge in [-0.05, 0) is 24.1 Å². The van der Waals surface area contributed by atoms with Crippen molar-refractivity contribution in [3.05, 3.63) is 33.8 Å². The maximum absolute atomic E-state index is 10.6. The molecule has 1 unspecified atom stereocenters. The first-order valence-electron chi connectivity index (χ1n) is 4.42. The Hall–Kier alpha value is -1.34. The quantitative estimate of drug-likeness (QED) is 0.916. The average Bonchev–Trinajstić information content (AvgIpc) is 2.14. The van der Waals surface area contributed by atoms with Gasteiger partial charge in [-0.2, -0.15) is 5.26 Å². The van der Waals surface area contributed by atoms with E-state index in [1.807, 2.05) is 25.1 Å². The number of carboxylic acid groups (broad SMARTS) is 1. The molecular formula is C11H10BrNO2. The van der Waals surface area contributed by atoms with E-state index < -0.39 is 11.9 Å². The number of aliphatic carboxylic acids is 1. The van der Waals surface area contributed by atoms with Crippen LogP contribution in [-0.4, -0.2) is 11.1 Å². The number of aryl methyl sites for hydroxylation is 1. The third kappa shape index (κ3) is 3.07. The lowest BCUT2D eigenvalue weighted by molar-refractivity contribution is -0.137. The van der Waals surface area contributed by atoms with Gasteiger partial charge in [-0.15, -0.1) is 0 Å². The Morgan fingerprint density at radius 1 is 1.67 bits per heavy atom. The first-order valence-corrected chi connectivity index (χ1v) is 5.21. The molecule has 0 spiro atoms. The third-order valence-electron chi connectivity index (χ3n) is 2.07. The number of nitriles is 1. The third-order valence-corrected chi connectivity index (χ3v) is 2.75. The van der Waals surface area contributed by atoms with Crippen LogP contribution in [-0.2, 0) is 4.79 Å². The molecule has 0 heterocycles. The lowest BCUT2D eigenvalue weighted by atomic mass is 9.96. The molecule has 0 bridgehead atoms. The molecule has 0 aliphatic heterocycles. The number of benzene rings is 1. The smallest absolute Gasteiger partial charge is 0.305 e. The van der Waals surface area contributed by atoms with Crippen LogP contribution in [0.2, 0.25) is 0 Å². The maximum Gasteiger partial charge on any atom is 0.305 e. The van der Waals surface area contributed by atoms with Crippen molar-refractivity contribution < 1.29 is 9.90 Å². The van der Waals surface area contributed by atoms with Crippen LogP contribution in [0, 0.1) is 18.3 Å². The highest BCUT2D eigenvalue weighted by Crippen LogP contribution is 2.27. The number of hydrogen-bond donors (Lipinski definition) is 1. The van der Waals surface area contributed by atoms with Gasteiger partial charge in [0.25, 0.3) is 0 Å². The molecule has 0 fully saturated rings. The zero-order chi connectivity index (χ0) is 11.4. The molecule has 1 aromatic carbocycles. The van der Waals surface area contributed by atoms with Crippen LogP contribution in [0.15, 0.2) is 22.7 Å². The van der Waals surface area contributed by atoms with Gasteiger partial charge in [-0.25, -0.2) is 0 Å². The molecular weight excluding hydrogens is 258 g/mol. The molecule has 15 heavy (non-hydrogen) atoms. The Morgan fingerprint density at radius 2 is 2.33 bits per heavy atom.